The summed E-state index contributed by atoms with van der Waals surface area (Å²) in [6.45, 7) is 3.18. The molecular weight excluding hydrogens is 414 g/mol. The number of halogens is 1. The van der Waals surface area contributed by atoms with Crippen LogP contribution in [0.3, 0.4) is 0 Å². The number of rotatable bonds is 3. The van der Waals surface area contributed by atoms with E-state index in [1.54, 1.807) is 4.40 Å². The van der Waals surface area contributed by atoms with E-state index in [4.69, 9.17) is 0 Å². The molecule has 0 saturated carbocycles. The van der Waals surface area contributed by atoms with Gasteiger partial charge in [-0.3, -0.25) is 18.6 Å². The number of ketones is 1. The summed E-state index contributed by atoms with van der Waals surface area (Å²) < 4.78 is 3.09. The van der Waals surface area contributed by atoms with Gasteiger partial charge in [0.25, 0.3) is 5.56 Å². The lowest BCUT2D eigenvalue weighted by atomic mass is 9.87. The lowest BCUT2D eigenvalue weighted by Crippen LogP contribution is -2.40. The molecule has 1 fully saturated rings. The Morgan fingerprint density at radius 3 is 2.42 bits per heavy atom. The Morgan fingerprint density at radius 1 is 0.839 bits per heavy atom. The number of fused-ring (bicyclic) bond motifs is 5. The number of aryl methyl sites for hydroxylation is 1. The van der Waals surface area contributed by atoms with Crippen LogP contribution in [0.25, 0.3) is 27.2 Å². The molecule has 31 heavy (non-hydrogen) atoms. The van der Waals surface area contributed by atoms with Gasteiger partial charge in [0, 0.05) is 35.8 Å². The van der Waals surface area contributed by atoms with E-state index in [1.807, 2.05) is 30.3 Å². The van der Waals surface area contributed by atoms with Crippen LogP contribution in [0.2, 0.25) is 0 Å². The second-order valence-corrected chi connectivity index (χ2v) is 8.59. The number of para-hydroxylation sites is 1. The number of carbonyl (C=O) groups excluding carboxylic acids is 1. The van der Waals surface area contributed by atoms with Crippen LogP contribution in [0.15, 0.2) is 39.9 Å². The van der Waals surface area contributed by atoms with E-state index >= 15 is 0 Å². The molecule has 6 nitrogen and oxygen atoms in total. The third-order valence-electron chi connectivity index (χ3n) is 6.93. The zero-order chi connectivity index (χ0) is 20.4. The van der Waals surface area contributed by atoms with Crippen molar-refractivity contribution in [2.24, 2.45) is 0 Å². The largest absolute Gasteiger partial charge is 0.336 e. The van der Waals surface area contributed by atoms with Gasteiger partial charge in [-0.05, 0) is 62.5 Å². The van der Waals surface area contributed by atoms with Crippen LogP contribution < -0.4 is 11.2 Å². The molecule has 3 heterocycles. The average molecular weight is 438 g/mol. The Balaban J connectivity index is 0.00000204. The average Bonchev–Trinajstić information content (AvgIpc) is 3.38. The molecule has 160 valence electrons. The summed E-state index contributed by atoms with van der Waals surface area (Å²) in [5, 5.41) is 2.43. The molecule has 2 aliphatic rings. The second kappa shape index (κ2) is 7.46. The zero-order valence-electron chi connectivity index (χ0n) is 17.2. The number of likely N-dealkylation sites (tertiary alicyclic amines) is 1. The van der Waals surface area contributed by atoms with Gasteiger partial charge in [0.2, 0.25) is 0 Å². The highest BCUT2D eigenvalue weighted by atomic mass is 35.5. The van der Waals surface area contributed by atoms with Crippen molar-refractivity contribution < 1.29 is 4.79 Å². The van der Waals surface area contributed by atoms with Crippen molar-refractivity contribution in [2.45, 2.75) is 38.6 Å². The van der Waals surface area contributed by atoms with Crippen LogP contribution in [0.4, 0.5) is 0 Å². The van der Waals surface area contributed by atoms with Crippen molar-refractivity contribution >= 4 is 45.4 Å². The Morgan fingerprint density at radius 2 is 1.61 bits per heavy atom. The van der Waals surface area contributed by atoms with Gasteiger partial charge in [-0.2, -0.15) is 0 Å². The van der Waals surface area contributed by atoms with Gasteiger partial charge >= 0.3 is 5.69 Å². The maximum Gasteiger partial charge on any atom is 0.336 e. The van der Waals surface area contributed by atoms with Crippen LogP contribution in [-0.2, 0) is 13.0 Å². The molecule has 0 spiro atoms. The van der Waals surface area contributed by atoms with Gasteiger partial charge in [-0.15, -0.1) is 12.4 Å². The van der Waals surface area contributed by atoms with E-state index < -0.39 is 0 Å². The maximum atomic E-state index is 13.5. The fourth-order valence-electron chi connectivity index (χ4n) is 5.48. The van der Waals surface area contributed by atoms with E-state index in [2.05, 4.69) is 4.90 Å². The first-order valence-corrected chi connectivity index (χ1v) is 10.9. The molecule has 0 radical (unpaired) electrons. The molecule has 0 atom stereocenters. The van der Waals surface area contributed by atoms with E-state index in [-0.39, 0.29) is 29.4 Å². The molecule has 0 unspecified atom stereocenters. The molecule has 7 heteroatoms. The predicted molar refractivity (Wildman–Crippen MR) is 124 cm³/mol. The first-order valence-electron chi connectivity index (χ1n) is 10.9. The van der Waals surface area contributed by atoms with E-state index in [0.717, 1.165) is 53.3 Å². The molecule has 1 saturated heterocycles. The van der Waals surface area contributed by atoms with Crippen LogP contribution in [0, 0.1) is 0 Å². The van der Waals surface area contributed by atoms with Crippen LogP contribution in [0.1, 0.15) is 41.6 Å². The van der Waals surface area contributed by atoms with Crippen molar-refractivity contribution in [2.75, 3.05) is 19.6 Å². The highest BCUT2D eigenvalue weighted by molar-refractivity contribution is 6.17. The molecule has 0 amide bonds. The summed E-state index contributed by atoms with van der Waals surface area (Å²) in [6.07, 6.45) is 4.58. The number of hydrogen-bond acceptors (Lipinski definition) is 4. The van der Waals surface area contributed by atoms with E-state index in [0.29, 0.717) is 30.4 Å². The third kappa shape index (κ3) is 2.85. The number of carbonyl (C=O) groups is 1. The number of aromatic nitrogens is 2. The predicted octanol–water partition coefficient (Wildman–Crippen LogP) is 3.24. The van der Waals surface area contributed by atoms with Crippen molar-refractivity contribution in [3.63, 3.8) is 0 Å². The van der Waals surface area contributed by atoms with E-state index in [1.165, 1.54) is 17.4 Å². The van der Waals surface area contributed by atoms with Crippen LogP contribution in [0.5, 0.6) is 0 Å². The summed E-state index contributed by atoms with van der Waals surface area (Å²) in [5.74, 6) is 0.166. The maximum absolute atomic E-state index is 13.5. The number of benzene rings is 2. The van der Waals surface area contributed by atoms with Crippen molar-refractivity contribution in [3.05, 3.63) is 62.3 Å². The molecule has 6 rings (SSSR count). The minimum Gasteiger partial charge on any atom is -0.302 e. The second-order valence-electron chi connectivity index (χ2n) is 8.59. The molecule has 4 aromatic rings. The fourth-order valence-corrected chi connectivity index (χ4v) is 5.48. The number of Topliss-reactive ketones (excluding diaryl/α,β-unsaturated/α-hetero) is 1. The molecule has 2 aromatic heterocycles. The number of nitrogens with zero attached hydrogens (tertiary/aromatic N) is 3. The minimum absolute atomic E-state index is 0. The highest BCUT2D eigenvalue weighted by Crippen LogP contribution is 2.36. The quantitative estimate of drug-likeness (QED) is 0.493. The normalized spacial score (nSPS) is 17.0. The summed E-state index contributed by atoms with van der Waals surface area (Å²) in [4.78, 5) is 41.5. The summed E-state index contributed by atoms with van der Waals surface area (Å²) in [6, 6.07) is 9.41. The Kier molecular flexibility index (Phi) is 4.87. The Labute approximate surface area is 184 Å². The standard InChI is InChI=1S/C24H23N3O3.ClH/c28-20-8-4-5-16-15(20)9-10-19-21(16)17-6-3-7-18-22(17)27(19)24(30)26(23(18)29)14-13-25-11-1-2-12-25;/h3,6-7,9-10H,1-2,4-5,8,11-14H2;1H. The zero-order valence-corrected chi connectivity index (χ0v) is 18.0. The van der Waals surface area contributed by atoms with Gasteiger partial charge in [0.15, 0.2) is 5.78 Å². The van der Waals surface area contributed by atoms with Crippen molar-refractivity contribution in [3.8, 4) is 0 Å². The molecular formula is C24H24ClN3O3. The summed E-state index contributed by atoms with van der Waals surface area (Å²) in [5.41, 5.74) is 2.78. The third-order valence-corrected chi connectivity index (χ3v) is 6.93. The summed E-state index contributed by atoms with van der Waals surface area (Å²) in [7, 11) is 0. The summed E-state index contributed by atoms with van der Waals surface area (Å²) >= 11 is 0. The molecule has 0 bridgehead atoms. The SMILES string of the molecule is Cl.O=C1CCCc2c1ccc1c2c2cccc3c(=O)n(CCN4CCCC4)c(=O)n1c32. The smallest absolute Gasteiger partial charge is 0.302 e. The van der Waals surface area contributed by atoms with Crippen molar-refractivity contribution in [1.29, 1.82) is 0 Å². The first kappa shape index (κ1) is 20.2. The van der Waals surface area contributed by atoms with Gasteiger partial charge in [0.1, 0.15) is 0 Å². The molecule has 2 aromatic carbocycles. The Hall–Kier alpha value is -2.70. The Bertz CT molecular complexity index is 1450. The molecule has 0 N–H and O–H groups in total. The number of hydrogen-bond donors (Lipinski definition) is 0. The van der Waals surface area contributed by atoms with Crippen LogP contribution >= 0.6 is 12.4 Å². The van der Waals surface area contributed by atoms with Crippen molar-refractivity contribution in [1.82, 2.24) is 13.9 Å². The minimum atomic E-state index is -0.278. The monoisotopic (exact) mass is 437 g/mol. The molecule has 1 aliphatic heterocycles. The highest BCUT2D eigenvalue weighted by Gasteiger charge is 2.25. The van der Waals surface area contributed by atoms with Gasteiger partial charge in [-0.25, -0.2) is 4.79 Å². The fraction of sp³-hybridized carbons (Fsp3) is 0.375. The lowest BCUT2D eigenvalue weighted by Gasteiger charge is -2.16. The van der Waals surface area contributed by atoms with Gasteiger partial charge in [-0.1, -0.05) is 12.1 Å². The van der Waals surface area contributed by atoms with Crippen LogP contribution in [-0.4, -0.2) is 39.3 Å². The molecule has 1 aliphatic carbocycles. The topological polar surface area (TPSA) is 63.8 Å². The first-order chi connectivity index (χ1) is 14.6. The van der Waals surface area contributed by atoms with Gasteiger partial charge in [0.05, 0.1) is 16.4 Å². The lowest BCUT2D eigenvalue weighted by molar-refractivity contribution is 0.0973. The van der Waals surface area contributed by atoms with E-state index in [9.17, 15) is 14.4 Å². The van der Waals surface area contributed by atoms with Gasteiger partial charge < -0.3 is 4.90 Å².